The number of nitrogens with one attached hydrogen (secondary N) is 2. The highest BCUT2D eigenvalue weighted by molar-refractivity contribution is 5.89. The lowest BCUT2D eigenvalue weighted by Crippen LogP contribution is -2.38. The fourth-order valence-corrected chi connectivity index (χ4v) is 2.86. The minimum atomic E-state index is -0.296. The predicted octanol–water partition coefficient (Wildman–Crippen LogP) is 1.97. The lowest BCUT2D eigenvalue weighted by molar-refractivity contribution is 0.0814. The summed E-state index contributed by atoms with van der Waals surface area (Å²) in [5, 5.41) is 9.99. The van der Waals surface area contributed by atoms with E-state index in [0.717, 1.165) is 25.0 Å². The van der Waals surface area contributed by atoms with Crippen LogP contribution in [-0.2, 0) is 16.0 Å². The van der Waals surface area contributed by atoms with E-state index in [0.29, 0.717) is 18.8 Å². The maximum absolute atomic E-state index is 12.4. The van der Waals surface area contributed by atoms with Crippen molar-refractivity contribution in [2.24, 2.45) is 0 Å². The first-order valence-corrected chi connectivity index (χ1v) is 8.36. The number of urea groups is 1. The van der Waals surface area contributed by atoms with Crippen LogP contribution in [0.4, 0.5) is 10.5 Å². The molecule has 2 atom stereocenters. The summed E-state index contributed by atoms with van der Waals surface area (Å²) in [5.41, 5.74) is 1.56. The van der Waals surface area contributed by atoms with Crippen LogP contribution >= 0.6 is 0 Å². The molecule has 8 nitrogen and oxygen atoms in total. The van der Waals surface area contributed by atoms with Gasteiger partial charge in [-0.1, -0.05) is 6.07 Å². The van der Waals surface area contributed by atoms with Gasteiger partial charge in [0.2, 0.25) is 0 Å². The second-order valence-electron chi connectivity index (χ2n) is 5.90. The Morgan fingerprint density at radius 1 is 1.52 bits per heavy atom. The Kier molecular flexibility index (Phi) is 5.97. The van der Waals surface area contributed by atoms with Gasteiger partial charge in [0.25, 0.3) is 0 Å². The van der Waals surface area contributed by atoms with Crippen LogP contribution in [0.2, 0.25) is 0 Å². The Labute approximate surface area is 146 Å². The number of nitrogens with zero attached hydrogens (tertiary/aromatic N) is 3. The van der Waals surface area contributed by atoms with Gasteiger partial charge in [0, 0.05) is 32.3 Å². The Hall–Kier alpha value is -2.45. The van der Waals surface area contributed by atoms with Gasteiger partial charge in [-0.25, -0.2) is 4.79 Å². The van der Waals surface area contributed by atoms with Gasteiger partial charge in [-0.15, -0.1) is 0 Å². The molecule has 0 bridgehead atoms. The number of ether oxygens (including phenoxy) is 2. The van der Waals surface area contributed by atoms with Crippen LogP contribution in [-0.4, -0.2) is 47.2 Å². The summed E-state index contributed by atoms with van der Waals surface area (Å²) >= 11 is 0. The maximum atomic E-state index is 12.4. The number of rotatable bonds is 7. The van der Waals surface area contributed by atoms with E-state index in [1.807, 2.05) is 12.1 Å². The molecule has 1 aliphatic heterocycles. The average Bonchev–Trinajstić information content (AvgIpc) is 3.31. The molecule has 134 valence electrons. The first-order valence-electron chi connectivity index (χ1n) is 8.36. The summed E-state index contributed by atoms with van der Waals surface area (Å²) in [6, 6.07) is 3.27. The standard InChI is InChI=1S/C17H23N5O3/c1-24-9-7-22-12-14(11-19-22)20-17(23)21-16(15-5-3-8-25-15)13-4-2-6-18-10-13/h2,4,6,10-12,15-16H,3,5,7-9H2,1H3,(H2,20,21,23). The van der Waals surface area contributed by atoms with Gasteiger partial charge in [0.15, 0.2) is 0 Å². The van der Waals surface area contributed by atoms with Crippen molar-refractivity contribution in [1.29, 1.82) is 0 Å². The van der Waals surface area contributed by atoms with Gasteiger partial charge in [-0.3, -0.25) is 9.67 Å². The maximum Gasteiger partial charge on any atom is 0.319 e. The molecule has 2 aromatic heterocycles. The molecule has 8 heteroatoms. The van der Waals surface area contributed by atoms with E-state index in [-0.39, 0.29) is 18.2 Å². The van der Waals surface area contributed by atoms with Crippen molar-refractivity contribution >= 4 is 11.7 Å². The van der Waals surface area contributed by atoms with Gasteiger partial charge in [0.05, 0.1) is 37.2 Å². The second-order valence-corrected chi connectivity index (χ2v) is 5.90. The van der Waals surface area contributed by atoms with E-state index in [4.69, 9.17) is 9.47 Å². The van der Waals surface area contributed by atoms with E-state index in [9.17, 15) is 4.79 Å². The van der Waals surface area contributed by atoms with E-state index in [1.54, 1.807) is 36.6 Å². The number of pyridine rings is 1. The van der Waals surface area contributed by atoms with Crippen molar-refractivity contribution < 1.29 is 14.3 Å². The third-order valence-electron chi connectivity index (χ3n) is 4.08. The van der Waals surface area contributed by atoms with Crippen molar-refractivity contribution in [1.82, 2.24) is 20.1 Å². The zero-order chi connectivity index (χ0) is 17.5. The summed E-state index contributed by atoms with van der Waals surface area (Å²) in [7, 11) is 1.64. The molecule has 3 rings (SSSR count). The van der Waals surface area contributed by atoms with Gasteiger partial charge in [-0.05, 0) is 24.5 Å². The first-order chi connectivity index (χ1) is 12.3. The molecule has 0 spiro atoms. The molecular formula is C17H23N5O3. The highest BCUT2D eigenvalue weighted by Gasteiger charge is 2.29. The van der Waals surface area contributed by atoms with Crippen LogP contribution in [0.15, 0.2) is 36.9 Å². The van der Waals surface area contributed by atoms with E-state index in [1.165, 1.54) is 0 Å². The van der Waals surface area contributed by atoms with Crippen molar-refractivity contribution in [2.75, 3.05) is 25.6 Å². The minimum absolute atomic E-state index is 0.0422. The van der Waals surface area contributed by atoms with Crippen molar-refractivity contribution in [3.05, 3.63) is 42.5 Å². The summed E-state index contributed by atoms with van der Waals surface area (Å²) in [6.45, 7) is 1.92. The Bertz CT molecular complexity index is 670. The van der Waals surface area contributed by atoms with E-state index in [2.05, 4.69) is 20.7 Å². The van der Waals surface area contributed by atoms with E-state index < -0.39 is 0 Å². The number of anilines is 1. The molecule has 3 heterocycles. The molecule has 2 unspecified atom stereocenters. The lowest BCUT2D eigenvalue weighted by Gasteiger charge is -2.24. The number of hydrogen-bond donors (Lipinski definition) is 2. The number of carbonyl (C=O) groups is 1. The third kappa shape index (κ3) is 4.77. The minimum Gasteiger partial charge on any atom is -0.383 e. The van der Waals surface area contributed by atoms with Crippen molar-refractivity contribution in [3.63, 3.8) is 0 Å². The van der Waals surface area contributed by atoms with Gasteiger partial charge in [0.1, 0.15) is 0 Å². The molecular weight excluding hydrogens is 322 g/mol. The molecule has 25 heavy (non-hydrogen) atoms. The molecule has 2 amide bonds. The van der Waals surface area contributed by atoms with Crippen LogP contribution in [0.5, 0.6) is 0 Å². The average molecular weight is 345 g/mol. The number of hydrogen-bond acceptors (Lipinski definition) is 5. The van der Waals surface area contributed by atoms with Crippen molar-refractivity contribution in [3.8, 4) is 0 Å². The molecule has 0 radical (unpaired) electrons. The SMILES string of the molecule is COCCn1cc(NC(=O)NC(c2cccnc2)C2CCCO2)cn1. The van der Waals surface area contributed by atoms with Gasteiger partial charge >= 0.3 is 6.03 Å². The number of aromatic nitrogens is 3. The van der Waals surface area contributed by atoms with Crippen LogP contribution in [0.3, 0.4) is 0 Å². The summed E-state index contributed by atoms with van der Waals surface area (Å²) in [4.78, 5) is 16.6. The summed E-state index contributed by atoms with van der Waals surface area (Å²) in [6.07, 6.45) is 8.72. The topological polar surface area (TPSA) is 90.3 Å². The second kappa shape index (κ2) is 8.59. The highest BCUT2D eigenvalue weighted by Crippen LogP contribution is 2.26. The van der Waals surface area contributed by atoms with E-state index >= 15 is 0 Å². The van der Waals surface area contributed by atoms with Crippen LogP contribution < -0.4 is 10.6 Å². The number of amides is 2. The van der Waals surface area contributed by atoms with Gasteiger partial charge in [-0.2, -0.15) is 5.10 Å². The molecule has 2 aromatic rings. The van der Waals surface area contributed by atoms with Crippen LogP contribution in [0, 0.1) is 0 Å². The Morgan fingerprint density at radius 3 is 3.16 bits per heavy atom. The quantitative estimate of drug-likeness (QED) is 0.801. The molecule has 1 saturated heterocycles. The third-order valence-corrected chi connectivity index (χ3v) is 4.08. The predicted molar refractivity (Wildman–Crippen MR) is 92.2 cm³/mol. The molecule has 2 N–H and O–H groups in total. The molecule has 1 fully saturated rings. The highest BCUT2D eigenvalue weighted by atomic mass is 16.5. The fourth-order valence-electron chi connectivity index (χ4n) is 2.86. The van der Waals surface area contributed by atoms with Crippen molar-refractivity contribution in [2.45, 2.75) is 31.5 Å². The smallest absolute Gasteiger partial charge is 0.319 e. The molecule has 0 saturated carbocycles. The Morgan fingerprint density at radius 2 is 2.44 bits per heavy atom. The summed E-state index contributed by atoms with van der Waals surface area (Å²) in [5.74, 6) is 0. The van der Waals surface area contributed by atoms with Crippen LogP contribution in [0.25, 0.3) is 0 Å². The molecule has 0 aromatic carbocycles. The molecule has 0 aliphatic carbocycles. The zero-order valence-corrected chi connectivity index (χ0v) is 14.2. The van der Waals surface area contributed by atoms with Gasteiger partial charge < -0.3 is 20.1 Å². The normalized spacial score (nSPS) is 18.0. The zero-order valence-electron chi connectivity index (χ0n) is 14.2. The largest absolute Gasteiger partial charge is 0.383 e. The molecule has 1 aliphatic rings. The van der Waals surface area contributed by atoms with Crippen LogP contribution in [0.1, 0.15) is 24.4 Å². The summed E-state index contributed by atoms with van der Waals surface area (Å²) < 4.78 is 12.5. The lowest BCUT2D eigenvalue weighted by atomic mass is 10.0. The Balaban J connectivity index is 1.63. The fraction of sp³-hybridized carbons (Fsp3) is 0.471. The monoisotopic (exact) mass is 345 g/mol. The number of methoxy groups -OCH3 is 1. The first kappa shape index (κ1) is 17.4. The number of carbonyl (C=O) groups excluding carboxylic acids is 1.